The van der Waals surface area contributed by atoms with Crippen LogP contribution >= 0.6 is 0 Å². The van der Waals surface area contributed by atoms with Crippen LogP contribution in [0.4, 0.5) is 5.69 Å². The molecule has 0 radical (unpaired) electrons. The maximum absolute atomic E-state index is 6.02. The monoisotopic (exact) mass is 274 g/mol. The Morgan fingerprint density at radius 1 is 1.00 bits per heavy atom. The molecule has 21 heavy (non-hydrogen) atoms. The number of nitrogens with two attached hydrogens (primary N) is 1. The van der Waals surface area contributed by atoms with Crippen LogP contribution in [0.15, 0.2) is 59.1 Å². The molecule has 0 saturated carbocycles. The zero-order valence-corrected chi connectivity index (χ0v) is 11.6. The molecule has 2 aromatic carbocycles. The van der Waals surface area contributed by atoms with Crippen LogP contribution in [0, 0.1) is 6.92 Å². The molecule has 4 rings (SSSR count). The highest BCUT2D eigenvalue weighted by molar-refractivity contribution is 6.06. The van der Waals surface area contributed by atoms with Gasteiger partial charge in [0.05, 0.1) is 11.2 Å². The first-order chi connectivity index (χ1) is 10.3. The molecule has 3 nitrogen and oxygen atoms in total. The smallest absolute Gasteiger partial charge is 0.157 e. The molecule has 2 heterocycles. The topological polar surface area (TPSA) is 52.0 Å². The molecular weight excluding hydrogens is 260 g/mol. The molecule has 0 spiro atoms. The molecule has 0 aliphatic carbocycles. The Kier molecular flexibility index (Phi) is 2.48. The van der Waals surface area contributed by atoms with Crippen molar-refractivity contribution in [2.45, 2.75) is 6.92 Å². The van der Waals surface area contributed by atoms with Crippen LogP contribution in [0.5, 0.6) is 0 Å². The van der Waals surface area contributed by atoms with E-state index in [1.165, 1.54) is 0 Å². The fourth-order valence-electron chi connectivity index (χ4n) is 2.90. The van der Waals surface area contributed by atoms with Gasteiger partial charge in [-0.25, -0.2) is 0 Å². The van der Waals surface area contributed by atoms with Crippen molar-refractivity contribution in [2.75, 3.05) is 5.73 Å². The van der Waals surface area contributed by atoms with E-state index in [1.54, 1.807) is 0 Å². The maximum atomic E-state index is 6.02. The third-order valence-electron chi connectivity index (χ3n) is 3.82. The minimum Gasteiger partial charge on any atom is -0.459 e. The van der Waals surface area contributed by atoms with Gasteiger partial charge in [0, 0.05) is 28.1 Å². The van der Waals surface area contributed by atoms with E-state index in [-0.39, 0.29) is 0 Å². The SMILES string of the molecule is Cc1oc2c(N)cccc2c1-c1cccc2cccnc12. The number of para-hydroxylation sites is 2. The minimum atomic E-state index is 0.662. The van der Waals surface area contributed by atoms with Crippen LogP contribution < -0.4 is 5.73 Å². The second-order valence-corrected chi connectivity index (χ2v) is 5.14. The highest BCUT2D eigenvalue weighted by Crippen LogP contribution is 2.39. The molecule has 2 aromatic heterocycles. The van der Waals surface area contributed by atoms with Crippen molar-refractivity contribution in [3.05, 3.63) is 60.5 Å². The van der Waals surface area contributed by atoms with Crippen molar-refractivity contribution in [1.29, 1.82) is 0 Å². The van der Waals surface area contributed by atoms with Crippen LogP contribution in [0.1, 0.15) is 5.76 Å². The van der Waals surface area contributed by atoms with Gasteiger partial charge in [-0.1, -0.05) is 36.4 Å². The number of aromatic nitrogens is 1. The number of furan rings is 1. The summed E-state index contributed by atoms with van der Waals surface area (Å²) < 4.78 is 5.88. The summed E-state index contributed by atoms with van der Waals surface area (Å²) in [6, 6.07) is 16.1. The largest absolute Gasteiger partial charge is 0.459 e. The quantitative estimate of drug-likeness (QED) is 0.518. The Morgan fingerprint density at radius 3 is 2.71 bits per heavy atom. The first-order valence-corrected chi connectivity index (χ1v) is 6.87. The average molecular weight is 274 g/mol. The minimum absolute atomic E-state index is 0.662. The highest BCUT2D eigenvalue weighted by Gasteiger charge is 2.16. The van der Waals surface area contributed by atoms with Gasteiger partial charge in [-0.05, 0) is 19.1 Å². The molecule has 0 bridgehead atoms. The number of hydrogen-bond donors (Lipinski definition) is 1. The lowest BCUT2D eigenvalue weighted by atomic mass is 9.99. The molecule has 3 heteroatoms. The number of rotatable bonds is 1. The van der Waals surface area contributed by atoms with Crippen LogP contribution in [-0.2, 0) is 0 Å². The van der Waals surface area contributed by atoms with Gasteiger partial charge in [0.15, 0.2) is 5.58 Å². The molecule has 0 amide bonds. The van der Waals surface area contributed by atoms with Crippen molar-refractivity contribution in [2.24, 2.45) is 0 Å². The van der Waals surface area contributed by atoms with Gasteiger partial charge < -0.3 is 10.2 Å². The van der Waals surface area contributed by atoms with Gasteiger partial charge in [0.25, 0.3) is 0 Å². The molecule has 0 aliphatic rings. The zero-order valence-electron chi connectivity index (χ0n) is 11.6. The highest BCUT2D eigenvalue weighted by atomic mass is 16.3. The number of nitrogens with zero attached hydrogens (tertiary/aromatic N) is 1. The molecule has 4 aromatic rings. The summed E-state index contributed by atoms with van der Waals surface area (Å²) in [7, 11) is 0. The average Bonchev–Trinajstić information content (AvgIpc) is 2.84. The van der Waals surface area contributed by atoms with E-state index in [9.17, 15) is 0 Å². The second-order valence-electron chi connectivity index (χ2n) is 5.14. The van der Waals surface area contributed by atoms with Gasteiger partial charge in [-0.15, -0.1) is 0 Å². The van der Waals surface area contributed by atoms with Gasteiger partial charge in [0.1, 0.15) is 5.76 Å². The number of pyridine rings is 1. The van der Waals surface area contributed by atoms with Gasteiger partial charge in [0.2, 0.25) is 0 Å². The molecular formula is C18H14N2O. The van der Waals surface area contributed by atoms with Crippen molar-refractivity contribution in [1.82, 2.24) is 4.98 Å². The van der Waals surface area contributed by atoms with Gasteiger partial charge >= 0.3 is 0 Å². The third-order valence-corrected chi connectivity index (χ3v) is 3.82. The van der Waals surface area contributed by atoms with Crippen LogP contribution in [-0.4, -0.2) is 4.98 Å². The van der Waals surface area contributed by atoms with E-state index in [4.69, 9.17) is 10.2 Å². The summed E-state index contributed by atoms with van der Waals surface area (Å²) in [4.78, 5) is 4.53. The summed E-state index contributed by atoms with van der Waals surface area (Å²) in [5, 5.41) is 2.15. The molecule has 0 atom stereocenters. The fourth-order valence-corrected chi connectivity index (χ4v) is 2.90. The lowest BCUT2D eigenvalue weighted by Crippen LogP contribution is -1.86. The van der Waals surface area contributed by atoms with Crippen molar-refractivity contribution in [3.8, 4) is 11.1 Å². The lowest BCUT2D eigenvalue weighted by molar-refractivity contribution is 0.581. The molecule has 102 valence electrons. The number of nitrogen functional groups attached to an aromatic ring is 1. The Hall–Kier alpha value is -2.81. The standard InChI is InChI=1S/C18H14N2O/c1-11-16(14-8-3-9-15(19)18(14)21-11)13-7-2-5-12-6-4-10-20-17(12)13/h2-10H,19H2,1H3. The molecule has 0 fully saturated rings. The predicted molar refractivity (Wildman–Crippen MR) is 86.1 cm³/mol. The first kappa shape index (κ1) is 12.0. The van der Waals surface area contributed by atoms with E-state index in [0.717, 1.165) is 38.8 Å². The Labute approximate surface area is 122 Å². The Morgan fingerprint density at radius 2 is 1.81 bits per heavy atom. The normalized spacial score (nSPS) is 11.3. The Balaban J connectivity index is 2.14. The number of aryl methyl sites for hydroxylation is 1. The number of anilines is 1. The summed E-state index contributed by atoms with van der Waals surface area (Å²) in [6.45, 7) is 1.97. The first-order valence-electron chi connectivity index (χ1n) is 6.87. The lowest BCUT2D eigenvalue weighted by Gasteiger charge is -2.05. The van der Waals surface area contributed by atoms with Crippen LogP contribution in [0.25, 0.3) is 33.0 Å². The molecule has 0 saturated heterocycles. The van der Waals surface area contributed by atoms with E-state index in [2.05, 4.69) is 23.2 Å². The zero-order chi connectivity index (χ0) is 14.4. The van der Waals surface area contributed by atoms with E-state index >= 15 is 0 Å². The molecule has 2 N–H and O–H groups in total. The number of benzene rings is 2. The van der Waals surface area contributed by atoms with Crippen molar-refractivity contribution in [3.63, 3.8) is 0 Å². The third kappa shape index (κ3) is 1.71. The van der Waals surface area contributed by atoms with Gasteiger partial charge in [-0.3, -0.25) is 4.98 Å². The number of fused-ring (bicyclic) bond motifs is 2. The summed E-state index contributed by atoms with van der Waals surface area (Å²) in [6.07, 6.45) is 1.82. The molecule has 0 aliphatic heterocycles. The second kappa shape index (κ2) is 4.35. The molecule has 0 unspecified atom stereocenters. The van der Waals surface area contributed by atoms with Crippen LogP contribution in [0.2, 0.25) is 0 Å². The summed E-state index contributed by atoms with van der Waals surface area (Å²) in [5.41, 5.74) is 10.6. The van der Waals surface area contributed by atoms with E-state index in [0.29, 0.717) is 5.69 Å². The van der Waals surface area contributed by atoms with E-state index < -0.39 is 0 Å². The summed E-state index contributed by atoms with van der Waals surface area (Å²) in [5.74, 6) is 0.862. The van der Waals surface area contributed by atoms with Crippen molar-refractivity contribution < 1.29 is 4.42 Å². The summed E-state index contributed by atoms with van der Waals surface area (Å²) >= 11 is 0. The number of hydrogen-bond acceptors (Lipinski definition) is 3. The van der Waals surface area contributed by atoms with Crippen molar-refractivity contribution >= 4 is 27.6 Å². The fraction of sp³-hybridized carbons (Fsp3) is 0.0556. The van der Waals surface area contributed by atoms with Gasteiger partial charge in [-0.2, -0.15) is 0 Å². The maximum Gasteiger partial charge on any atom is 0.157 e. The van der Waals surface area contributed by atoms with Crippen LogP contribution in [0.3, 0.4) is 0 Å². The van der Waals surface area contributed by atoms with E-state index in [1.807, 2.05) is 43.5 Å². The Bertz CT molecular complexity index is 964. The predicted octanol–water partition coefficient (Wildman–Crippen LogP) is 4.54.